The second-order valence-electron chi connectivity index (χ2n) is 1.84. The molecule has 4 heteroatoms. The van der Waals surface area contributed by atoms with Gasteiger partial charge in [-0.1, -0.05) is 20.8 Å². The molecule has 0 aromatic heterocycles. The number of rotatable bonds is 3. The Bertz CT molecular complexity index is 130. The minimum Gasteiger partial charge on any atom is -0.481 e. The average Bonchev–Trinajstić information content (AvgIpc) is 1.90. The van der Waals surface area contributed by atoms with Crippen molar-refractivity contribution in [2.75, 3.05) is 0 Å². The molecule has 0 aliphatic carbocycles. The van der Waals surface area contributed by atoms with Crippen LogP contribution in [0.15, 0.2) is 0 Å². The first-order chi connectivity index (χ1) is 5.04. The van der Waals surface area contributed by atoms with E-state index in [0.717, 1.165) is 0 Å². The molecule has 0 aromatic rings. The maximum absolute atomic E-state index is 9.97. The first-order valence-electron chi connectivity index (χ1n) is 3.48. The molecule has 0 bridgehead atoms. The smallest absolute Gasteiger partial charge is 0.306 e. The molecule has 2 N–H and O–H groups in total. The quantitative estimate of drug-likeness (QED) is 0.654. The molecule has 0 amide bonds. The van der Waals surface area contributed by atoms with Gasteiger partial charge in [-0.25, -0.2) is 0 Å². The van der Waals surface area contributed by atoms with Crippen LogP contribution in [0.4, 0.5) is 0 Å². The summed E-state index contributed by atoms with van der Waals surface area (Å²) < 4.78 is 0. The van der Waals surface area contributed by atoms with E-state index < -0.39 is 17.9 Å². The van der Waals surface area contributed by atoms with Gasteiger partial charge in [0.2, 0.25) is 0 Å². The standard InChI is InChI=1S/C5H8O4.C2H6/c1-3(5(8)9)2-4(6)7;1-2/h3H,2H2,1H3,(H,6,7)(H,8,9);1-2H3. The van der Waals surface area contributed by atoms with Crippen LogP contribution in [0.25, 0.3) is 0 Å². The average molecular weight is 162 g/mol. The van der Waals surface area contributed by atoms with Crippen LogP contribution < -0.4 is 0 Å². The number of hydrogen-bond donors (Lipinski definition) is 2. The molecule has 0 saturated carbocycles. The van der Waals surface area contributed by atoms with Crippen molar-refractivity contribution in [2.45, 2.75) is 27.2 Å². The minimum absolute atomic E-state index is 0.310. The summed E-state index contributed by atoms with van der Waals surface area (Å²) in [4.78, 5) is 19.8. The van der Waals surface area contributed by atoms with E-state index in [9.17, 15) is 9.59 Å². The summed E-state index contributed by atoms with van der Waals surface area (Å²) in [5.41, 5.74) is 0. The van der Waals surface area contributed by atoms with Crippen LogP contribution >= 0.6 is 0 Å². The van der Waals surface area contributed by atoms with Gasteiger partial charge >= 0.3 is 11.9 Å². The summed E-state index contributed by atoms with van der Waals surface area (Å²) >= 11 is 0. The van der Waals surface area contributed by atoms with E-state index in [-0.39, 0.29) is 6.42 Å². The molecule has 0 fully saturated rings. The Hall–Kier alpha value is -1.06. The predicted octanol–water partition coefficient (Wildman–Crippen LogP) is 1.21. The van der Waals surface area contributed by atoms with Crippen LogP contribution in [0.5, 0.6) is 0 Å². The van der Waals surface area contributed by atoms with E-state index in [2.05, 4.69) is 0 Å². The first-order valence-corrected chi connectivity index (χ1v) is 3.48. The highest BCUT2D eigenvalue weighted by atomic mass is 16.4. The number of carboxylic acid groups (broad SMARTS) is 2. The Morgan fingerprint density at radius 2 is 1.64 bits per heavy atom. The molecule has 0 saturated heterocycles. The summed E-state index contributed by atoms with van der Waals surface area (Å²) in [6, 6.07) is 0. The van der Waals surface area contributed by atoms with Crippen molar-refractivity contribution >= 4 is 11.9 Å². The van der Waals surface area contributed by atoms with Crippen molar-refractivity contribution in [3.8, 4) is 0 Å². The normalized spacial score (nSPS) is 10.8. The van der Waals surface area contributed by atoms with Gasteiger partial charge in [0.25, 0.3) is 0 Å². The molecule has 1 unspecified atom stereocenters. The van der Waals surface area contributed by atoms with Crippen molar-refractivity contribution in [1.82, 2.24) is 0 Å². The van der Waals surface area contributed by atoms with Crippen LogP contribution in [0.2, 0.25) is 0 Å². The van der Waals surface area contributed by atoms with Crippen LogP contribution in [0, 0.1) is 5.92 Å². The van der Waals surface area contributed by atoms with E-state index in [1.807, 2.05) is 13.8 Å². The largest absolute Gasteiger partial charge is 0.481 e. The van der Waals surface area contributed by atoms with Gasteiger partial charge in [-0.3, -0.25) is 9.59 Å². The minimum atomic E-state index is -1.08. The van der Waals surface area contributed by atoms with Crippen LogP contribution in [-0.4, -0.2) is 22.2 Å². The molecule has 0 heterocycles. The molecule has 0 aliphatic rings. The Morgan fingerprint density at radius 1 is 1.27 bits per heavy atom. The van der Waals surface area contributed by atoms with Gasteiger partial charge < -0.3 is 10.2 Å². The molecule has 4 nitrogen and oxygen atoms in total. The molecular formula is C7H14O4. The van der Waals surface area contributed by atoms with Gasteiger partial charge in [-0.2, -0.15) is 0 Å². The molecule has 0 aliphatic heterocycles. The second-order valence-corrected chi connectivity index (χ2v) is 1.84. The monoisotopic (exact) mass is 162 g/mol. The fourth-order valence-electron chi connectivity index (χ4n) is 0.349. The first kappa shape index (κ1) is 12.6. The van der Waals surface area contributed by atoms with E-state index in [0.29, 0.717) is 0 Å². The van der Waals surface area contributed by atoms with E-state index in [1.165, 1.54) is 6.92 Å². The Kier molecular flexibility index (Phi) is 8.08. The fourth-order valence-corrected chi connectivity index (χ4v) is 0.349. The lowest BCUT2D eigenvalue weighted by Crippen LogP contribution is -2.13. The fraction of sp³-hybridized carbons (Fsp3) is 0.714. The highest BCUT2D eigenvalue weighted by Gasteiger charge is 2.13. The third-order valence-electron chi connectivity index (χ3n) is 0.902. The SMILES string of the molecule is CC.CC(CC(=O)O)C(=O)O. The summed E-state index contributed by atoms with van der Waals surface area (Å²) in [5, 5.41) is 16.2. The van der Waals surface area contributed by atoms with E-state index >= 15 is 0 Å². The Labute approximate surface area is 65.8 Å². The highest BCUT2D eigenvalue weighted by molar-refractivity contribution is 5.77. The highest BCUT2D eigenvalue weighted by Crippen LogP contribution is 1.99. The second kappa shape index (κ2) is 7.05. The lowest BCUT2D eigenvalue weighted by atomic mass is 10.1. The van der Waals surface area contributed by atoms with Crippen LogP contribution in [0.1, 0.15) is 27.2 Å². The van der Waals surface area contributed by atoms with Crippen molar-refractivity contribution < 1.29 is 19.8 Å². The van der Waals surface area contributed by atoms with Crippen molar-refractivity contribution in [3.63, 3.8) is 0 Å². The van der Waals surface area contributed by atoms with Crippen molar-refractivity contribution in [3.05, 3.63) is 0 Å². The Balaban J connectivity index is 0. The van der Waals surface area contributed by atoms with Gasteiger partial charge in [0.15, 0.2) is 0 Å². The van der Waals surface area contributed by atoms with Crippen LogP contribution in [0.3, 0.4) is 0 Å². The van der Waals surface area contributed by atoms with Gasteiger partial charge in [0.05, 0.1) is 12.3 Å². The topological polar surface area (TPSA) is 74.6 Å². The zero-order chi connectivity index (χ0) is 9.44. The lowest BCUT2D eigenvalue weighted by Gasteiger charge is -1.98. The molecule has 0 rings (SSSR count). The van der Waals surface area contributed by atoms with Crippen molar-refractivity contribution in [2.24, 2.45) is 5.92 Å². The molecule has 1 atom stereocenters. The number of carboxylic acids is 2. The molecule has 0 radical (unpaired) electrons. The maximum Gasteiger partial charge on any atom is 0.306 e. The molecule has 11 heavy (non-hydrogen) atoms. The zero-order valence-corrected chi connectivity index (χ0v) is 7.00. The van der Waals surface area contributed by atoms with Gasteiger partial charge in [0, 0.05) is 0 Å². The molecule has 66 valence electrons. The molecule has 0 aromatic carbocycles. The summed E-state index contributed by atoms with van der Waals surface area (Å²) in [7, 11) is 0. The summed E-state index contributed by atoms with van der Waals surface area (Å²) in [5.74, 6) is -2.94. The number of aliphatic carboxylic acids is 2. The van der Waals surface area contributed by atoms with Gasteiger partial charge in [-0.15, -0.1) is 0 Å². The van der Waals surface area contributed by atoms with Crippen molar-refractivity contribution in [1.29, 1.82) is 0 Å². The van der Waals surface area contributed by atoms with E-state index in [1.54, 1.807) is 0 Å². The third kappa shape index (κ3) is 8.94. The number of carbonyl (C=O) groups is 2. The number of hydrogen-bond acceptors (Lipinski definition) is 2. The maximum atomic E-state index is 9.97. The molecule has 0 spiro atoms. The van der Waals surface area contributed by atoms with Gasteiger partial charge in [-0.05, 0) is 0 Å². The molecular weight excluding hydrogens is 148 g/mol. The summed E-state index contributed by atoms with van der Waals surface area (Å²) in [6.45, 7) is 5.36. The van der Waals surface area contributed by atoms with Crippen LogP contribution in [-0.2, 0) is 9.59 Å². The lowest BCUT2D eigenvalue weighted by molar-refractivity contribution is -0.147. The third-order valence-corrected chi connectivity index (χ3v) is 0.902. The van der Waals surface area contributed by atoms with E-state index in [4.69, 9.17) is 10.2 Å². The zero-order valence-electron chi connectivity index (χ0n) is 7.00. The summed E-state index contributed by atoms with van der Waals surface area (Å²) in [6.07, 6.45) is -0.310. The predicted molar refractivity (Wildman–Crippen MR) is 40.4 cm³/mol. The van der Waals surface area contributed by atoms with Gasteiger partial charge in [0.1, 0.15) is 0 Å². The Morgan fingerprint density at radius 3 is 1.73 bits per heavy atom.